The van der Waals surface area contributed by atoms with Crippen LogP contribution in [0, 0.1) is 5.92 Å². The van der Waals surface area contributed by atoms with Gasteiger partial charge in [-0.15, -0.1) is 0 Å². The molecule has 1 aromatic carbocycles. The minimum absolute atomic E-state index is 0.106. The van der Waals surface area contributed by atoms with Gasteiger partial charge in [0.2, 0.25) is 0 Å². The molecule has 1 aliphatic rings. The number of hydrogen-bond acceptors (Lipinski definition) is 5. The Kier molecular flexibility index (Phi) is 5.45. The second-order valence-electron chi connectivity index (χ2n) is 7.08. The third kappa shape index (κ3) is 4.55. The van der Waals surface area contributed by atoms with Crippen molar-refractivity contribution in [3.8, 4) is 11.5 Å². The van der Waals surface area contributed by atoms with E-state index in [2.05, 4.69) is 0 Å². The highest BCUT2D eigenvalue weighted by Crippen LogP contribution is 2.37. The molecule has 1 fully saturated rings. The van der Waals surface area contributed by atoms with Crippen LogP contribution in [-0.2, 0) is 9.53 Å². The van der Waals surface area contributed by atoms with Gasteiger partial charge in [0, 0.05) is 25.1 Å². The van der Waals surface area contributed by atoms with Gasteiger partial charge in [-0.1, -0.05) is 0 Å². The first-order chi connectivity index (χ1) is 11.6. The van der Waals surface area contributed by atoms with Crippen LogP contribution < -0.4 is 9.47 Å². The lowest BCUT2D eigenvalue weighted by Gasteiger charge is -2.24. The van der Waals surface area contributed by atoms with Gasteiger partial charge in [-0.25, -0.2) is 4.79 Å². The maximum atomic E-state index is 12.3. The minimum Gasteiger partial charge on any atom is -0.497 e. The van der Waals surface area contributed by atoms with E-state index in [-0.39, 0.29) is 19.0 Å². The molecule has 1 N–H and O–H groups in total. The molecular weight excluding hydrogens is 326 g/mol. The van der Waals surface area contributed by atoms with E-state index in [1.54, 1.807) is 39.0 Å². The predicted octanol–water partition coefficient (Wildman–Crippen LogP) is 2.74. The molecule has 1 amide bonds. The Morgan fingerprint density at radius 2 is 1.64 bits per heavy atom. The zero-order valence-electron chi connectivity index (χ0n) is 15.2. The first kappa shape index (κ1) is 18.9. The van der Waals surface area contributed by atoms with Crippen LogP contribution in [0.25, 0.3) is 0 Å². The van der Waals surface area contributed by atoms with E-state index in [0.717, 1.165) is 5.56 Å². The Hall–Kier alpha value is -2.44. The first-order valence-electron chi connectivity index (χ1n) is 8.08. The summed E-state index contributed by atoms with van der Waals surface area (Å²) in [6.07, 6.45) is -0.504. The maximum absolute atomic E-state index is 12.3. The number of amides is 1. The van der Waals surface area contributed by atoms with Crippen LogP contribution >= 0.6 is 0 Å². The molecule has 7 heteroatoms. The lowest BCUT2D eigenvalue weighted by molar-refractivity contribution is -0.141. The fraction of sp³-hybridized carbons (Fsp3) is 0.556. The molecule has 25 heavy (non-hydrogen) atoms. The van der Waals surface area contributed by atoms with Gasteiger partial charge in [-0.05, 0) is 38.5 Å². The molecule has 1 aliphatic heterocycles. The van der Waals surface area contributed by atoms with E-state index < -0.39 is 23.6 Å². The monoisotopic (exact) mass is 351 g/mol. The molecule has 7 nitrogen and oxygen atoms in total. The number of ether oxygens (including phenoxy) is 3. The molecule has 0 aromatic heterocycles. The SMILES string of the molecule is COc1cc(OC)cc(C2CN(C(=O)OC(C)(C)C)CC2C(=O)O)c1. The van der Waals surface area contributed by atoms with Crippen molar-refractivity contribution < 1.29 is 28.9 Å². The molecular formula is C18H25NO6. The van der Waals surface area contributed by atoms with Gasteiger partial charge in [-0.3, -0.25) is 4.79 Å². The van der Waals surface area contributed by atoms with E-state index in [0.29, 0.717) is 11.5 Å². The zero-order valence-corrected chi connectivity index (χ0v) is 15.2. The van der Waals surface area contributed by atoms with Crippen molar-refractivity contribution in [3.05, 3.63) is 23.8 Å². The van der Waals surface area contributed by atoms with Crippen molar-refractivity contribution in [3.63, 3.8) is 0 Å². The van der Waals surface area contributed by atoms with Gasteiger partial charge in [0.05, 0.1) is 20.1 Å². The minimum atomic E-state index is -0.946. The summed E-state index contributed by atoms with van der Waals surface area (Å²) in [5, 5.41) is 9.59. The van der Waals surface area contributed by atoms with Crippen LogP contribution in [-0.4, -0.2) is 55.0 Å². The highest BCUT2D eigenvalue weighted by molar-refractivity contribution is 5.76. The van der Waals surface area contributed by atoms with Crippen LogP contribution in [0.1, 0.15) is 32.3 Å². The van der Waals surface area contributed by atoms with Crippen molar-refractivity contribution in [2.75, 3.05) is 27.3 Å². The summed E-state index contributed by atoms with van der Waals surface area (Å²) in [7, 11) is 3.07. The number of carboxylic acids is 1. The summed E-state index contributed by atoms with van der Waals surface area (Å²) in [6, 6.07) is 5.28. The number of nitrogens with zero attached hydrogens (tertiary/aromatic N) is 1. The van der Waals surface area contributed by atoms with Gasteiger partial charge >= 0.3 is 12.1 Å². The zero-order chi connectivity index (χ0) is 18.8. The fourth-order valence-electron chi connectivity index (χ4n) is 2.91. The Labute approximate surface area is 147 Å². The van der Waals surface area contributed by atoms with E-state index in [1.807, 2.05) is 0 Å². The van der Waals surface area contributed by atoms with Gasteiger partial charge in [0.1, 0.15) is 17.1 Å². The first-order valence-corrected chi connectivity index (χ1v) is 8.08. The van der Waals surface area contributed by atoms with E-state index in [4.69, 9.17) is 14.2 Å². The number of carbonyl (C=O) groups excluding carboxylic acids is 1. The molecule has 2 atom stereocenters. The average molecular weight is 351 g/mol. The standard InChI is InChI=1S/C18H25NO6/c1-18(2,3)25-17(22)19-9-14(15(10-19)16(20)21)11-6-12(23-4)8-13(7-11)24-5/h6-8,14-15H,9-10H2,1-5H3,(H,20,21). The van der Waals surface area contributed by atoms with Crippen LogP contribution in [0.5, 0.6) is 11.5 Å². The van der Waals surface area contributed by atoms with Crippen molar-refractivity contribution >= 4 is 12.1 Å². The molecule has 2 unspecified atom stereocenters. The number of rotatable bonds is 4. The highest BCUT2D eigenvalue weighted by Gasteiger charge is 2.42. The molecule has 1 aromatic rings. The molecule has 0 bridgehead atoms. The van der Waals surface area contributed by atoms with E-state index in [1.165, 1.54) is 19.1 Å². The Morgan fingerprint density at radius 3 is 2.08 bits per heavy atom. The van der Waals surface area contributed by atoms with Gasteiger partial charge < -0.3 is 24.2 Å². The lowest BCUT2D eigenvalue weighted by atomic mass is 9.89. The second-order valence-corrected chi connectivity index (χ2v) is 7.08. The average Bonchev–Trinajstić information content (AvgIpc) is 2.98. The number of carboxylic acid groups (broad SMARTS) is 1. The number of carbonyl (C=O) groups is 2. The van der Waals surface area contributed by atoms with Gasteiger partial charge in [0.25, 0.3) is 0 Å². The maximum Gasteiger partial charge on any atom is 0.410 e. The van der Waals surface area contributed by atoms with Crippen molar-refractivity contribution in [1.82, 2.24) is 4.90 Å². The smallest absolute Gasteiger partial charge is 0.410 e. The lowest BCUT2D eigenvalue weighted by Crippen LogP contribution is -2.35. The summed E-state index contributed by atoms with van der Waals surface area (Å²) in [6.45, 7) is 5.71. The van der Waals surface area contributed by atoms with Crippen LogP contribution in [0.15, 0.2) is 18.2 Å². The van der Waals surface area contributed by atoms with Crippen LogP contribution in [0.3, 0.4) is 0 Å². The molecule has 138 valence electrons. The molecule has 0 spiro atoms. The molecule has 0 aliphatic carbocycles. The summed E-state index contributed by atoms with van der Waals surface area (Å²) in [5.41, 5.74) is 0.127. The van der Waals surface area contributed by atoms with Crippen molar-refractivity contribution in [1.29, 1.82) is 0 Å². The predicted molar refractivity (Wildman–Crippen MR) is 91.2 cm³/mol. The molecule has 1 heterocycles. The number of likely N-dealkylation sites (tertiary alicyclic amines) is 1. The number of hydrogen-bond donors (Lipinski definition) is 1. The highest BCUT2D eigenvalue weighted by atomic mass is 16.6. The van der Waals surface area contributed by atoms with Crippen LogP contribution in [0.2, 0.25) is 0 Å². The Balaban J connectivity index is 2.30. The molecule has 1 saturated heterocycles. The number of benzene rings is 1. The Bertz CT molecular complexity index is 629. The van der Waals surface area contributed by atoms with E-state index >= 15 is 0 Å². The van der Waals surface area contributed by atoms with Gasteiger partial charge in [0.15, 0.2) is 0 Å². The number of aliphatic carboxylic acids is 1. The number of methoxy groups -OCH3 is 2. The van der Waals surface area contributed by atoms with Crippen molar-refractivity contribution in [2.45, 2.75) is 32.3 Å². The quantitative estimate of drug-likeness (QED) is 0.898. The van der Waals surface area contributed by atoms with Crippen LogP contribution in [0.4, 0.5) is 4.79 Å². The normalized spacial score (nSPS) is 20.3. The van der Waals surface area contributed by atoms with Gasteiger partial charge in [-0.2, -0.15) is 0 Å². The second kappa shape index (κ2) is 7.21. The third-order valence-electron chi connectivity index (χ3n) is 4.09. The fourth-order valence-corrected chi connectivity index (χ4v) is 2.91. The topological polar surface area (TPSA) is 85.3 Å². The van der Waals surface area contributed by atoms with E-state index in [9.17, 15) is 14.7 Å². The summed E-state index contributed by atoms with van der Waals surface area (Å²) >= 11 is 0. The molecule has 0 saturated carbocycles. The summed E-state index contributed by atoms with van der Waals surface area (Å²) in [4.78, 5) is 25.5. The summed E-state index contributed by atoms with van der Waals surface area (Å²) < 4.78 is 15.9. The third-order valence-corrected chi connectivity index (χ3v) is 4.09. The molecule has 0 radical (unpaired) electrons. The van der Waals surface area contributed by atoms with Crippen molar-refractivity contribution in [2.24, 2.45) is 5.92 Å². The Morgan fingerprint density at radius 1 is 1.08 bits per heavy atom. The molecule has 2 rings (SSSR count). The summed E-state index contributed by atoms with van der Waals surface area (Å²) in [5.74, 6) is -0.875. The largest absolute Gasteiger partial charge is 0.497 e.